The average Bonchev–Trinajstić information content (AvgIpc) is 2.75. The van der Waals surface area contributed by atoms with Gasteiger partial charge in [0.05, 0.1) is 23.6 Å². The van der Waals surface area contributed by atoms with Gasteiger partial charge in [0.1, 0.15) is 0 Å². The van der Waals surface area contributed by atoms with Crippen LogP contribution >= 0.6 is 11.6 Å². The van der Waals surface area contributed by atoms with Crippen LogP contribution in [0, 0.1) is 10.1 Å². The van der Waals surface area contributed by atoms with Gasteiger partial charge in [-0.3, -0.25) is 14.9 Å². The average molecular weight is 443 g/mol. The van der Waals surface area contributed by atoms with Gasteiger partial charge in [-0.15, -0.1) is 0 Å². The Hall–Kier alpha value is -3.19. The second-order valence-electron chi connectivity index (χ2n) is 7.12. The summed E-state index contributed by atoms with van der Waals surface area (Å²) >= 11 is 6.40. The predicted octanol–water partition coefficient (Wildman–Crippen LogP) is 4.99. The fourth-order valence-electron chi connectivity index (χ4n) is 3.85. The number of esters is 1. The largest absolute Gasteiger partial charge is 0.463 e. The van der Waals surface area contributed by atoms with Crippen molar-refractivity contribution in [2.75, 3.05) is 6.61 Å². The first-order chi connectivity index (χ1) is 14.9. The second kappa shape index (κ2) is 9.75. The van der Waals surface area contributed by atoms with E-state index in [4.69, 9.17) is 16.3 Å². The molecule has 0 aliphatic carbocycles. The van der Waals surface area contributed by atoms with Crippen molar-refractivity contribution in [1.82, 2.24) is 4.90 Å². The molecule has 0 saturated carbocycles. The van der Waals surface area contributed by atoms with E-state index in [0.29, 0.717) is 28.3 Å². The first-order valence-electron chi connectivity index (χ1n) is 10.1. The minimum absolute atomic E-state index is 0.0222. The number of carbonyl (C=O) groups is 2. The lowest BCUT2D eigenvalue weighted by atomic mass is 9.82. The number of allylic oxidation sites excluding steroid dienone is 1. The zero-order valence-corrected chi connectivity index (χ0v) is 18.1. The molecule has 3 rings (SSSR count). The molecule has 7 nitrogen and oxygen atoms in total. The molecular weight excluding hydrogens is 420 g/mol. The zero-order chi connectivity index (χ0) is 22.5. The van der Waals surface area contributed by atoms with Gasteiger partial charge in [0.2, 0.25) is 5.91 Å². The maximum absolute atomic E-state index is 13.2. The third kappa shape index (κ3) is 4.77. The lowest BCUT2D eigenvalue weighted by Gasteiger charge is -2.36. The molecule has 0 N–H and O–H groups in total. The Kier molecular flexibility index (Phi) is 7.07. The molecule has 0 fully saturated rings. The van der Waals surface area contributed by atoms with Gasteiger partial charge in [0.25, 0.3) is 5.69 Å². The summed E-state index contributed by atoms with van der Waals surface area (Å²) in [5, 5.41) is 11.4. The van der Waals surface area contributed by atoms with Crippen LogP contribution in [0.1, 0.15) is 43.7 Å². The SMILES string of the molecule is CCOC(=O)C1=C(CC)N(Cc2ccc([N+](=O)[O-])cc2)C(=O)C[C@@H]1c1ccccc1Cl. The van der Waals surface area contributed by atoms with Crippen LogP contribution in [0.2, 0.25) is 5.02 Å². The molecular formula is C23H23ClN2O5. The van der Waals surface area contributed by atoms with E-state index in [1.54, 1.807) is 36.1 Å². The molecule has 8 heteroatoms. The number of nitrogens with zero attached hydrogens (tertiary/aromatic N) is 2. The summed E-state index contributed by atoms with van der Waals surface area (Å²) in [6.45, 7) is 4.03. The smallest absolute Gasteiger partial charge is 0.336 e. The number of halogens is 1. The Morgan fingerprint density at radius 3 is 2.45 bits per heavy atom. The fraction of sp³-hybridized carbons (Fsp3) is 0.304. The number of nitro groups is 1. The van der Waals surface area contributed by atoms with Crippen molar-refractivity contribution in [2.24, 2.45) is 0 Å². The summed E-state index contributed by atoms with van der Waals surface area (Å²) < 4.78 is 5.33. The molecule has 2 aromatic rings. The molecule has 0 radical (unpaired) electrons. The summed E-state index contributed by atoms with van der Waals surface area (Å²) in [7, 11) is 0. The van der Waals surface area contributed by atoms with Crippen LogP contribution in [0.15, 0.2) is 59.8 Å². The van der Waals surface area contributed by atoms with Gasteiger partial charge in [-0.05, 0) is 30.5 Å². The molecule has 0 bridgehead atoms. The normalized spacial score (nSPS) is 16.4. The van der Waals surface area contributed by atoms with Crippen molar-refractivity contribution in [3.8, 4) is 0 Å². The van der Waals surface area contributed by atoms with Crippen LogP contribution in [0.4, 0.5) is 5.69 Å². The van der Waals surface area contributed by atoms with Crippen molar-refractivity contribution >= 4 is 29.2 Å². The number of rotatable bonds is 7. The summed E-state index contributed by atoms with van der Waals surface area (Å²) in [4.78, 5) is 38.1. The topological polar surface area (TPSA) is 89.8 Å². The van der Waals surface area contributed by atoms with Crippen molar-refractivity contribution in [3.05, 3.63) is 86.1 Å². The number of non-ortho nitro benzene ring substituents is 1. The molecule has 1 aliphatic heterocycles. The molecule has 1 aliphatic rings. The van der Waals surface area contributed by atoms with Crippen molar-refractivity contribution in [1.29, 1.82) is 0 Å². The van der Waals surface area contributed by atoms with Gasteiger partial charge >= 0.3 is 5.97 Å². The van der Waals surface area contributed by atoms with Gasteiger partial charge in [-0.25, -0.2) is 4.79 Å². The number of amides is 1. The minimum atomic E-state index is -0.497. The molecule has 0 saturated heterocycles. The molecule has 0 spiro atoms. The third-order valence-corrected chi connectivity index (χ3v) is 5.61. The highest BCUT2D eigenvalue weighted by Crippen LogP contribution is 2.41. The Balaban J connectivity index is 2.05. The lowest BCUT2D eigenvalue weighted by Crippen LogP contribution is -2.39. The second-order valence-corrected chi connectivity index (χ2v) is 7.52. The summed E-state index contributed by atoms with van der Waals surface area (Å²) in [5.41, 5.74) is 2.42. The first kappa shape index (κ1) is 22.5. The highest BCUT2D eigenvalue weighted by molar-refractivity contribution is 6.31. The maximum Gasteiger partial charge on any atom is 0.336 e. The van der Waals surface area contributed by atoms with Gasteiger partial charge in [0.15, 0.2) is 0 Å². The van der Waals surface area contributed by atoms with Gasteiger partial charge in [0, 0.05) is 35.2 Å². The van der Waals surface area contributed by atoms with Crippen LogP contribution in [-0.2, 0) is 20.9 Å². The predicted molar refractivity (Wildman–Crippen MR) is 116 cm³/mol. The van der Waals surface area contributed by atoms with Gasteiger partial charge in [-0.1, -0.05) is 48.9 Å². The van der Waals surface area contributed by atoms with E-state index in [1.807, 2.05) is 19.1 Å². The Bertz CT molecular complexity index is 1030. The summed E-state index contributed by atoms with van der Waals surface area (Å²) in [5.74, 6) is -1.11. The first-order valence-corrected chi connectivity index (χ1v) is 10.4. The lowest BCUT2D eigenvalue weighted by molar-refractivity contribution is -0.384. The van der Waals surface area contributed by atoms with Gasteiger partial charge < -0.3 is 9.64 Å². The van der Waals surface area contributed by atoms with E-state index in [0.717, 1.165) is 5.56 Å². The zero-order valence-electron chi connectivity index (χ0n) is 17.3. The number of carbonyl (C=O) groups excluding carboxylic acids is 2. The fourth-order valence-corrected chi connectivity index (χ4v) is 4.11. The number of benzene rings is 2. The Morgan fingerprint density at radius 1 is 1.19 bits per heavy atom. The third-order valence-electron chi connectivity index (χ3n) is 5.26. The van der Waals surface area contributed by atoms with Crippen LogP contribution in [0.3, 0.4) is 0 Å². The highest BCUT2D eigenvalue weighted by Gasteiger charge is 2.38. The van der Waals surface area contributed by atoms with Crippen LogP contribution in [0.5, 0.6) is 0 Å². The summed E-state index contributed by atoms with van der Waals surface area (Å²) in [6.07, 6.45) is 0.516. The van der Waals surface area contributed by atoms with Gasteiger partial charge in [-0.2, -0.15) is 0 Å². The molecule has 31 heavy (non-hydrogen) atoms. The van der Waals surface area contributed by atoms with E-state index in [2.05, 4.69) is 0 Å². The van der Waals surface area contributed by atoms with Crippen LogP contribution in [0.25, 0.3) is 0 Å². The molecule has 1 atom stereocenters. The minimum Gasteiger partial charge on any atom is -0.463 e. The number of hydrogen-bond acceptors (Lipinski definition) is 5. The van der Waals surface area contributed by atoms with E-state index < -0.39 is 16.8 Å². The van der Waals surface area contributed by atoms with Crippen LogP contribution in [-0.4, -0.2) is 28.3 Å². The van der Waals surface area contributed by atoms with E-state index in [9.17, 15) is 19.7 Å². The van der Waals surface area contributed by atoms with Crippen molar-refractivity contribution in [2.45, 2.75) is 39.2 Å². The number of nitro benzene ring substituents is 1. The molecule has 1 amide bonds. The van der Waals surface area contributed by atoms with E-state index >= 15 is 0 Å². The maximum atomic E-state index is 13.2. The number of ether oxygens (including phenoxy) is 1. The molecule has 0 unspecified atom stereocenters. The highest BCUT2D eigenvalue weighted by atomic mass is 35.5. The van der Waals surface area contributed by atoms with Crippen molar-refractivity contribution in [3.63, 3.8) is 0 Å². The molecule has 0 aromatic heterocycles. The Labute approximate surface area is 185 Å². The van der Waals surface area contributed by atoms with Crippen LogP contribution < -0.4 is 0 Å². The monoisotopic (exact) mass is 442 g/mol. The Morgan fingerprint density at radius 2 is 1.87 bits per heavy atom. The molecule has 162 valence electrons. The standard InChI is InChI=1S/C23H23ClN2O5/c1-3-20-22(23(28)31-4-2)18(17-7-5-6-8-19(17)24)13-21(27)25(20)14-15-9-11-16(12-10-15)26(29)30/h5-12,18H,3-4,13-14H2,1-2H3/t18-/m1/s1. The summed E-state index contributed by atoms with van der Waals surface area (Å²) in [6, 6.07) is 13.2. The molecule has 2 aromatic carbocycles. The van der Waals surface area contributed by atoms with E-state index in [-0.39, 0.29) is 31.2 Å². The molecule has 1 heterocycles. The van der Waals surface area contributed by atoms with Crippen molar-refractivity contribution < 1.29 is 19.2 Å². The number of hydrogen-bond donors (Lipinski definition) is 0. The van der Waals surface area contributed by atoms with E-state index in [1.165, 1.54) is 12.1 Å². The quantitative estimate of drug-likeness (QED) is 0.342.